The highest BCUT2D eigenvalue weighted by atomic mass is 35.5. The molecular formula is C13H8Cl2F3NO. The first-order valence-corrected chi connectivity index (χ1v) is 6.12. The molecule has 0 amide bonds. The molecule has 2 aromatic rings. The number of anilines is 1. The highest BCUT2D eigenvalue weighted by Gasteiger charge is 2.35. The van der Waals surface area contributed by atoms with E-state index in [-0.39, 0.29) is 16.5 Å². The molecule has 0 aliphatic rings. The van der Waals surface area contributed by atoms with Crippen LogP contribution < -0.4 is 10.5 Å². The minimum Gasteiger partial charge on any atom is -0.455 e. The highest BCUT2D eigenvalue weighted by molar-refractivity contribution is 6.34. The summed E-state index contributed by atoms with van der Waals surface area (Å²) >= 11 is 11.6. The van der Waals surface area contributed by atoms with Crippen molar-refractivity contribution in [3.63, 3.8) is 0 Å². The second kappa shape index (κ2) is 5.42. The van der Waals surface area contributed by atoms with E-state index in [0.717, 1.165) is 12.1 Å². The van der Waals surface area contributed by atoms with Crippen LogP contribution in [0.3, 0.4) is 0 Å². The maximum absolute atomic E-state index is 12.9. The van der Waals surface area contributed by atoms with Crippen molar-refractivity contribution in [1.29, 1.82) is 0 Å². The molecule has 0 aromatic heterocycles. The topological polar surface area (TPSA) is 35.2 Å². The van der Waals surface area contributed by atoms with Gasteiger partial charge in [0.25, 0.3) is 0 Å². The molecule has 0 bridgehead atoms. The summed E-state index contributed by atoms with van der Waals surface area (Å²) in [7, 11) is 0. The van der Waals surface area contributed by atoms with E-state index in [0.29, 0.717) is 5.02 Å². The van der Waals surface area contributed by atoms with Crippen molar-refractivity contribution in [2.24, 2.45) is 0 Å². The third-order valence-electron chi connectivity index (χ3n) is 2.42. The van der Waals surface area contributed by atoms with Gasteiger partial charge in [-0.3, -0.25) is 0 Å². The molecule has 0 saturated carbocycles. The van der Waals surface area contributed by atoms with Crippen LogP contribution in [0.5, 0.6) is 11.5 Å². The van der Waals surface area contributed by atoms with Crippen LogP contribution in [0.1, 0.15) is 5.56 Å². The van der Waals surface area contributed by atoms with Crippen molar-refractivity contribution < 1.29 is 17.9 Å². The number of rotatable bonds is 2. The first-order chi connectivity index (χ1) is 9.27. The molecule has 0 atom stereocenters. The van der Waals surface area contributed by atoms with Gasteiger partial charge in [0.05, 0.1) is 5.02 Å². The maximum atomic E-state index is 12.9. The largest absolute Gasteiger partial charge is 0.455 e. The van der Waals surface area contributed by atoms with E-state index in [4.69, 9.17) is 33.7 Å². The minimum atomic E-state index is -4.59. The van der Waals surface area contributed by atoms with Crippen LogP contribution in [-0.4, -0.2) is 0 Å². The number of alkyl halides is 3. The summed E-state index contributed by atoms with van der Waals surface area (Å²) in [5, 5.41) is 0.452. The highest BCUT2D eigenvalue weighted by Crippen LogP contribution is 2.41. The summed E-state index contributed by atoms with van der Waals surface area (Å²) in [5.41, 5.74) is 4.38. The lowest BCUT2D eigenvalue weighted by atomic mass is 10.1. The van der Waals surface area contributed by atoms with E-state index < -0.39 is 17.5 Å². The predicted molar refractivity (Wildman–Crippen MR) is 72.4 cm³/mol. The Morgan fingerprint density at radius 2 is 1.65 bits per heavy atom. The van der Waals surface area contributed by atoms with Gasteiger partial charge >= 0.3 is 6.18 Å². The molecule has 0 fully saturated rings. The molecule has 0 heterocycles. The third-order valence-corrected chi connectivity index (χ3v) is 2.97. The monoisotopic (exact) mass is 321 g/mol. The van der Waals surface area contributed by atoms with Crippen LogP contribution in [-0.2, 0) is 6.18 Å². The van der Waals surface area contributed by atoms with Gasteiger partial charge in [0.1, 0.15) is 17.1 Å². The van der Waals surface area contributed by atoms with Gasteiger partial charge in [-0.1, -0.05) is 23.2 Å². The fourth-order valence-corrected chi connectivity index (χ4v) is 1.85. The Kier molecular flexibility index (Phi) is 4.01. The molecule has 0 spiro atoms. The lowest BCUT2D eigenvalue weighted by Gasteiger charge is -2.15. The van der Waals surface area contributed by atoms with Crippen LogP contribution in [0.25, 0.3) is 0 Å². The molecule has 2 nitrogen and oxygen atoms in total. The zero-order valence-corrected chi connectivity index (χ0v) is 11.4. The van der Waals surface area contributed by atoms with E-state index in [1.54, 1.807) is 0 Å². The second-order valence-electron chi connectivity index (χ2n) is 3.93. The van der Waals surface area contributed by atoms with Crippen LogP contribution >= 0.6 is 23.2 Å². The van der Waals surface area contributed by atoms with Gasteiger partial charge in [-0.05, 0) is 30.3 Å². The standard InChI is InChI=1S/C13H8Cl2F3NO/c14-7-1-3-10(15)12(5-7)20-11-4-2-8(19)6-9(11)13(16,17)18/h1-6H,19H2. The van der Waals surface area contributed by atoms with E-state index in [1.165, 1.54) is 24.3 Å². The van der Waals surface area contributed by atoms with Crippen LogP contribution in [0.2, 0.25) is 10.0 Å². The van der Waals surface area contributed by atoms with Crippen molar-refractivity contribution in [3.05, 3.63) is 52.0 Å². The average molecular weight is 322 g/mol. The molecule has 20 heavy (non-hydrogen) atoms. The van der Waals surface area contributed by atoms with E-state index in [9.17, 15) is 13.2 Å². The summed E-state index contributed by atoms with van der Waals surface area (Å²) < 4.78 is 44.0. The Hall–Kier alpha value is -1.59. The average Bonchev–Trinajstić information content (AvgIpc) is 2.34. The number of hydrogen-bond acceptors (Lipinski definition) is 2. The van der Waals surface area contributed by atoms with Crippen molar-refractivity contribution in [3.8, 4) is 11.5 Å². The number of halogens is 5. The Balaban J connectivity index is 2.46. The minimum absolute atomic E-state index is 0.0122. The quantitative estimate of drug-likeness (QED) is 0.753. The molecule has 7 heteroatoms. The van der Waals surface area contributed by atoms with Gasteiger partial charge in [-0.15, -0.1) is 0 Å². The van der Waals surface area contributed by atoms with E-state index in [1.807, 2.05) is 0 Å². The van der Waals surface area contributed by atoms with Gasteiger partial charge in [0.15, 0.2) is 0 Å². The van der Waals surface area contributed by atoms with Gasteiger partial charge in [0, 0.05) is 16.8 Å². The molecule has 0 aliphatic heterocycles. The second-order valence-corrected chi connectivity index (χ2v) is 4.77. The van der Waals surface area contributed by atoms with Crippen molar-refractivity contribution in [2.45, 2.75) is 6.18 Å². The Bertz CT molecular complexity index is 644. The third kappa shape index (κ3) is 3.29. The molecule has 106 valence electrons. The molecular weight excluding hydrogens is 314 g/mol. The summed E-state index contributed by atoms with van der Waals surface area (Å²) in [6.45, 7) is 0. The van der Waals surface area contributed by atoms with Gasteiger partial charge in [-0.2, -0.15) is 13.2 Å². The summed E-state index contributed by atoms with van der Waals surface area (Å²) in [5.74, 6) is -0.356. The Labute approximate surface area is 122 Å². The van der Waals surface area contributed by atoms with Crippen LogP contribution in [0, 0.1) is 0 Å². The van der Waals surface area contributed by atoms with Gasteiger partial charge in [-0.25, -0.2) is 0 Å². The molecule has 2 rings (SSSR count). The lowest BCUT2D eigenvalue weighted by Crippen LogP contribution is -2.08. The normalized spacial score (nSPS) is 11.4. The first-order valence-electron chi connectivity index (χ1n) is 5.37. The Morgan fingerprint density at radius 1 is 0.950 bits per heavy atom. The van der Waals surface area contributed by atoms with Crippen LogP contribution in [0.4, 0.5) is 18.9 Å². The maximum Gasteiger partial charge on any atom is 0.420 e. The van der Waals surface area contributed by atoms with E-state index >= 15 is 0 Å². The number of hydrogen-bond donors (Lipinski definition) is 1. The van der Waals surface area contributed by atoms with Gasteiger partial charge < -0.3 is 10.5 Å². The summed E-state index contributed by atoms with van der Waals surface area (Å²) in [6.07, 6.45) is -4.59. The number of nitrogen functional groups attached to an aromatic ring is 1. The summed E-state index contributed by atoms with van der Waals surface area (Å²) in [6, 6.07) is 7.51. The first kappa shape index (κ1) is 14.8. The molecule has 0 radical (unpaired) electrons. The fraction of sp³-hybridized carbons (Fsp3) is 0.0769. The van der Waals surface area contributed by atoms with Gasteiger partial charge in [0.2, 0.25) is 0 Å². The molecule has 2 N–H and O–H groups in total. The smallest absolute Gasteiger partial charge is 0.420 e. The number of ether oxygens (including phenoxy) is 1. The van der Waals surface area contributed by atoms with Crippen molar-refractivity contribution in [2.75, 3.05) is 5.73 Å². The van der Waals surface area contributed by atoms with E-state index in [2.05, 4.69) is 0 Å². The molecule has 0 unspecified atom stereocenters. The van der Waals surface area contributed by atoms with Crippen molar-refractivity contribution in [1.82, 2.24) is 0 Å². The lowest BCUT2D eigenvalue weighted by molar-refractivity contribution is -0.138. The van der Waals surface area contributed by atoms with Crippen LogP contribution in [0.15, 0.2) is 36.4 Å². The fourth-order valence-electron chi connectivity index (χ4n) is 1.53. The zero-order valence-electron chi connectivity index (χ0n) is 9.84. The molecule has 0 aliphatic carbocycles. The zero-order chi connectivity index (χ0) is 14.9. The molecule has 2 aromatic carbocycles. The Morgan fingerprint density at radius 3 is 2.30 bits per heavy atom. The summed E-state index contributed by atoms with van der Waals surface area (Å²) in [4.78, 5) is 0. The predicted octanol–water partition coefficient (Wildman–Crippen LogP) is 5.39. The number of nitrogens with two attached hydrogens (primary N) is 1. The number of benzene rings is 2. The molecule has 0 saturated heterocycles. The van der Waals surface area contributed by atoms with Crippen molar-refractivity contribution >= 4 is 28.9 Å². The SMILES string of the molecule is Nc1ccc(Oc2cc(Cl)ccc2Cl)c(C(F)(F)F)c1.